The number of nitrogens with zero attached hydrogens (tertiary/aromatic N) is 3. The Labute approximate surface area is 98.5 Å². The molecule has 1 fully saturated rings. The highest BCUT2D eigenvalue weighted by Crippen LogP contribution is 2.20. The van der Waals surface area contributed by atoms with E-state index in [9.17, 15) is 9.59 Å². The van der Waals surface area contributed by atoms with Crippen LogP contribution < -0.4 is 4.90 Å². The number of hydrogen-bond donors (Lipinski definition) is 1. The molecule has 1 aromatic rings. The van der Waals surface area contributed by atoms with Crippen LogP contribution in [0.4, 0.5) is 5.69 Å². The largest absolute Gasteiger partial charge is 0.478 e. The molecule has 0 spiro atoms. The SMILES string of the molecule is CN1CCN(c2cnccc2C(=O)O)CC1=O. The zero-order valence-electron chi connectivity index (χ0n) is 9.46. The van der Waals surface area contributed by atoms with Crippen LogP contribution in [0.2, 0.25) is 0 Å². The van der Waals surface area contributed by atoms with Crippen LogP contribution in [0.3, 0.4) is 0 Å². The number of rotatable bonds is 2. The summed E-state index contributed by atoms with van der Waals surface area (Å²) in [7, 11) is 1.74. The number of amides is 1. The third-order valence-electron chi connectivity index (χ3n) is 2.83. The molecule has 0 unspecified atom stereocenters. The number of likely N-dealkylation sites (N-methyl/N-ethyl adjacent to an activating group) is 1. The lowest BCUT2D eigenvalue weighted by Crippen LogP contribution is -2.49. The van der Waals surface area contributed by atoms with E-state index >= 15 is 0 Å². The molecule has 1 aliphatic heterocycles. The molecule has 2 rings (SSSR count). The minimum Gasteiger partial charge on any atom is -0.478 e. The van der Waals surface area contributed by atoms with Crippen molar-refractivity contribution in [3.05, 3.63) is 24.0 Å². The number of carbonyl (C=O) groups excluding carboxylic acids is 1. The van der Waals surface area contributed by atoms with E-state index in [2.05, 4.69) is 4.98 Å². The summed E-state index contributed by atoms with van der Waals surface area (Å²) in [5, 5.41) is 9.06. The van der Waals surface area contributed by atoms with Gasteiger partial charge in [0.25, 0.3) is 0 Å². The molecule has 0 saturated carbocycles. The third-order valence-corrected chi connectivity index (χ3v) is 2.83. The van der Waals surface area contributed by atoms with Crippen LogP contribution in [-0.4, -0.2) is 53.5 Å². The van der Waals surface area contributed by atoms with Crippen LogP contribution in [0.1, 0.15) is 10.4 Å². The number of piperazine rings is 1. The topological polar surface area (TPSA) is 73.7 Å². The fourth-order valence-electron chi connectivity index (χ4n) is 1.78. The lowest BCUT2D eigenvalue weighted by Gasteiger charge is -2.33. The number of carboxylic acid groups (broad SMARTS) is 1. The minimum atomic E-state index is -1.01. The summed E-state index contributed by atoms with van der Waals surface area (Å²) in [5.74, 6) is -1.02. The quantitative estimate of drug-likeness (QED) is 0.784. The summed E-state index contributed by atoms with van der Waals surface area (Å²) in [6.07, 6.45) is 2.92. The van der Waals surface area contributed by atoms with Crippen molar-refractivity contribution in [1.82, 2.24) is 9.88 Å². The first kappa shape index (κ1) is 11.4. The molecular formula is C11H13N3O3. The van der Waals surface area contributed by atoms with Crippen molar-refractivity contribution < 1.29 is 14.7 Å². The Balaban J connectivity index is 2.29. The maximum absolute atomic E-state index is 11.6. The van der Waals surface area contributed by atoms with Crippen molar-refractivity contribution in [1.29, 1.82) is 0 Å². The van der Waals surface area contributed by atoms with E-state index in [1.807, 2.05) is 0 Å². The van der Waals surface area contributed by atoms with Gasteiger partial charge in [-0.3, -0.25) is 9.78 Å². The second-order valence-corrected chi connectivity index (χ2v) is 3.93. The maximum atomic E-state index is 11.6. The van der Waals surface area contributed by atoms with Crippen LogP contribution in [0.25, 0.3) is 0 Å². The third kappa shape index (κ3) is 2.20. The number of pyridine rings is 1. The molecule has 0 radical (unpaired) electrons. The van der Waals surface area contributed by atoms with Gasteiger partial charge < -0.3 is 14.9 Å². The Hall–Kier alpha value is -2.11. The standard InChI is InChI=1S/C11H13N3O3/c1-13-4-5-14(7-10(13)15)9-6-12-3-2-8(9)11(16)17/h2-3,6H,4-5,7H2,1H3,(H,16,17). The minimum absolute atomic E-state index is 0.0172. The van der Waals surface area contributed by atoms with Crippen LogP contribution >= 0.6 is 0 Å². The van der Waals surface area contributed by atoms with Gasteiger partial charge in [0.2, 0.25) is 5.91 Å². The molecule has 6 nitrogen and oxygen atoms in total. The first-order valence-electron chi connectivity index (χ1n) is 5.26. The molecule has 1 N–H and O–H groups in total. The number of carboxylic acids is 1. The monoisotopic (exact) mass is 235 g/mol. The first-order chi connectivity index (χ1) is 8.09. The molecule has 0 bridgehead atoms. The van der Waals surface area contributed by atoms with Gasteiger partial charge in [0.05, 0.1) is 24.0 Å². The highest BCUT2D eigenvalue weighted by atomic mass is 16.4. The molecule has 6 heteroatoms. The summed E-state index contributed by atoms with van der Waals surface area (Å²) in [6, 6.07) is 1.44. The average molecular weight is 235 g/mol. The molecule has 1 aromatic heterocycles. The van der Waals surface area contributed by atoms with E-state index in [4.69, 9.17) is 5.11 Å². The van der Waals surface area contributed by atoms with Gasteiger partial charge in [-0.05, 0) is 6.07 Å². The summed E-state index contributed by atoms with van der Waals surface area (Å²) in [5.41, 5.74) is 0.679. The van der Waals surface area contributed by atoms with Gasteiger partial charge in [-0.15, -0.1) is 0 Å². The number of carbonyl (C=O) groups is 2. The van der Waals surface area contributed by atoms with Gasteiger partial charge in [-0.25, -0.2) is 4.79 Å². The summed E-state index contributed by atoms with van der Waals surface area (Å²) in [4.78, 5) is 29.9. The number of hydrogen-bond acceptors (Lipinski definition) is 4. The van der Waals surface area contributed by atoms with E-state index in [1.165, 1.54) is 18.5 Å². The van der Waals surface area contributed by atoms with E-state index in [-0.39, 0.29) is 18.0 Å². The summed E-state index contributed by atoms with van der Waals surface area (Å²) >= 11 is 0. The second kappa shape index (κ2) is 4.40. The number of aromatic nitrogens is 1. The van der Waals surface area contributed by atoms with Crippen LogP contribution in [0, 0.1) is 0 Å². The second-order valence-electron chi connectivity index (χ2n) is 3.93. The summed E-state index contributed by atoms with van der Waals surface area (Å²) < 4.78 is 0. The van der Waals surface area contributed by atoms with Crippen molar-refractivity contribution in [2.75, 3.05) is 31.6 Å². The van der Waals surface area contributed by atoms with Gasteiger partial charge in [0.15, 0.2) is 0 Å². The number of aromatic carboxylic acids is 1. The van der Waals surface area contributed by atoms with E-state index in [0.29, 0.717) is 18.8 Å². The van der Waals surface area contributed by atoms with Crippen molar-refractivity contribution in [3.8, 4) is 0 Å². The predicted molar refractivity (Wildman–Crippen MR) is 61.0 cm³/mol. The lowest BCUT2D eigenvalue weighted by molar-refractivity contribution is -0.129. The van der Waals surface area contributed by atoms with Crippen molar-refractivity contribution in [2.24, 2.45) is 0 Å². The molecular weight excluding hydrogens is 222 g/mol. The zero-order chi connectivity index (χ0) is 12.4. The van der Waals surface area contributed by atoms with Crippen molar-refractivity contribution in [3.63, 3.8) is 0 Å². The zero-order valence-corrected chi connectivity index (χ0v) is 9.46. The van der Waals surface area contributed by atoms with E-state index < -0.39 is 5.97 Å². The molecule has 17 heavy (non-hydrogen) atoms. The van der Waals surface area contributed by atoms with Gasteiger partial charge >= 0.3 is 5.97 Å². The molecule has 1 saturated heterocycles. The molecule has 1 aliphatic rings. The van der Waals surface area contributed by atoms with Gasteiger partial charge in [0.1, 0.15) is 0 Å². The molecule has 0 aromatic carbocycles. The average Bonchev–Trinajstić information content (AvgIpc) is 2.32. The molecule has 0 aliphatic carbocycles. The Morgan fingerprint density at radius 3 is 2.88 bits per heavy atom. The van der Waals surface area contributed by atoms with Crippen molar-refractivity contribution in [2.45, 2.75) is 0 Å². The predicted octanol–water partition coefficient (Wildman–Crippen LogP) is 0.0582. The van der Waals surface area contributed by atoms with Crippen molar-refractivity contribution >= 4 is 17.6 Å². The first-order valence-corrected chi connectivity index (χ1v) is 5.26. The Morgan fingerprint density at radius 2 is 2.24 bits per heavy atom. The Bertz CT molecular complexity index is 461. The lowest BCUT2D eigenvalue weighted by atomic mass is 10.2. The summed E-state index contributed by atoms with van der Waals surface area (Å²) in [6.45, 7) is 1.41. The smallest absolute Gasteiger partial charge is 0.337 e. The van der Waals surface area contributed by atoms with Gasteiger partial charge in [-0.1, -0.05) is 0 Å². The molecule has 90 valence electrons. The molecule has 1 amide bonds. The molecule has 2 heterocycles. The fraction of sp³-hybridized carbons (Fsp3) is 0.364. The maximum Gasteiger partial charge on any atom is 0.337 e. The molecule has 0 atom stereocenters. The highest BCUT2D eigenvalue weighted by molar-refractivity contribution is 5.95. The van der Waals surface area contributed by atoms with Gasteiger partial charge in [-0.2, -0.15) is 0 Å². The Kier molecular flexibility index (Phi) is 2.95. The van der Waals surface area contributed by atoms with Crippen LogP contribution in [0.5, 0.6) is 0 Å². The number of anilines is 1. The van der Waals surface area contributed by atoms with E-state index in [1.54, 1.807) is 16.8 Å². The van der Waals surface area contributed by atoms with E-state index in [0.717, 1.165) is 0 Å². The fourth-order valence-corrected chi connectivity index (χ4v) is 1.78. The highest BCUT2D eigenvalue weighted by Gasteiger charge is 2.24. The van der Waals surface area contributed by atoms with Crippen LogP contribution in [-0.2, 0) is 4.79 Å². The Morgan fingerprint density at radius 1 is 1.47 bits per heavy atom. The van der Waals surface area contributed by atoms with Gasteiger partial charge in [0, 0.05) is 26.3 Å². The van der Waals surface area contributed by atoms with Crippen LogP contribution in [0.15, 0.2) is 18.5 Å². The normalized spacial score (nSPS) is 16.2.